The minimum Gasteiger partial charge on any atom is -0.321 e. The molecule has 1 aromatic carbocycles. The van der Waals surface area contributed by atoms with Gasteiger partial charge >= 0.3 is 0 Å². The molecule has 0 aromatic heterocycles. The summed E-state index contributed by atoms with van der Waals surface area (Å²) in [5.74, 6) is 0.106. The molecule has 14 heavy (non-hydrogen) atoms. The molecule has 0 amide bonds. The predicted octanol–water partition coefficient (Wildman–Crippen LogP) is 1.80. The van der Waals surface area contributed by atoms with Crippen molar-refractivity contribution in [3.63, 3.8) is 0 Å². The monoisotopic (exact) mass is 186 g/mol. The van der Waals surface area contributed by atoms with Gasteiger partial charge in [-0.2, -0.15) is 0 Å². The fourth-order valence-electron chi connectivity index (χ4n) is 2.08. The van der Waals surface area contributed by atoms with Gasteiger partial charge in [-0.15, -0.1) is 0 Å². The van der Waals surface area contributed by atoms with Gasteiger partial charge in [-0.25, -0.2) is 5.43 Å². The average molecular weight is 186 g/mol. The van der Waals surface area contributed by atoms with Crippen LogP contribution in [0.2, 0.25) is 0 Å². The zero-order chi connectivity index (χ0) is 9.54. The Hall–Kier alpha value is -1.61. The summed E-state index contributed by atoms with van der Waals surface area (Å²) in [6.45, 7) is 0. The van der Waals surface area contributed by atoms with E-state index in [9.17, 15) is 4.79 Å². The van der Waals surface area contributed by atoms with E-state index in [1.165, 1.54) is 0 Å². The number of carbonyl (C=O) groups is 1. The predicted molar refractivity (Wildman–Crippen MR) is 54.0 cm³/mol. The molecule has 2 N–H and O–H groups in total. The maximum absolute atomic E-state index is 11.7. The zero-order valence-corrected chi connectivity index (χ0v) is 7.58. The van der Waals surface area contributed by atoms with E-state index < -0.39 is 0 Å². The standard InChI is InChI=1S/C11H10N2O/c14-10-6-2-5-9-11-7(10)3-1-4-8(11)12-13-9/h1-4,6,9,12-13H,5H2. The molecule has 3 rings (SSSR count). The summed E-state index contributed by atoms with van der Waals surface area (Å²) in [4.78, 5) is 11.7. The molecule has 3 nitrogen and oxygen atoms in total. The summed E-state index contributed by atoms with van der Waals surface area (Å²) >= 11 is 0. The maximum atomic E-state index is 11.7. The lowest BCUT2D eigenvalue weighted by Crippen LogP contribution is -2.18. The Morgan fingerprint density at radius 3 is 3.21 bits per heavy atom. The molecular formula is C11H10N2O. The highest BCUT2D eigenvalue weighted by Gasteiger charge is 2.27. The molecule has 1 aliphatic heterocycles. The van der Waals surface area contributed by atoms with E-state index in [1.807, 2.05) is 24.3 Å². The molecule has 1 heterocycles. The molecule has 3 heteroatoms. The molecule has 0 radical (unpaired) electrons. The van der Waals surface area contributed by atoms with E-state index in [2.05, 4.69) is 10.9 Å². The molecule has 1 atom stereocenters. The molecule has 1 aliphatic carbocycles. The van der Waals surface area contributed by atoms with Crippen LogP contribution in [0.15, 0.2) is 30.4 Å². The number of anilines is 1. The first-order valence-corrected chi connectivity index (χ1v) is 4.71. The van der Waals surface area contributed by atoms with Crippen molar-refractivity contribution in [1.29, 1.82) is 0 Å². The van der Waals surface area contributed by atoms with Crippen molar-refractivity contribution in [3.8, 4) is 0 Å². The van der Waals surface area contributed by atoms with E-state index in [4.69, 9.17) is 0 Å². The highest BCUT2D eigenvalue weighted by atomic mass is 16.1. The Bertz CT molecular complexity index is 437. The number of nitrogens with one attached hydrogen (secondary N) is 2. The zero-order valence-electron chi connectivity index (χ0n) is 7.58. The lowest BCUT2D eigenvalue weighted by atomic mass is 9.98. The van der Waals surface area contributed by atoms with Gasteiger partial charge in [0.15, 0.2) is 5.78 Å². The summed E-state index contributed by atoms with van der Waals surface area (Å²) in [5, 5.41) is 0. The summed E-state index contributed by atoms with van der Waals surface area (Å²) in [7, 11) is 0. The fourth-order valence-corrected chi connectivity index (χ4v) is 2.08. The van der Waals surface area contributed by atoms with Crippen molar-refractivity contribution in [2.45, 2.75) is 12.5 Å². The lowest BCUT2D eigenvalue weighted by molar-refractivity contribution is 0.104. The molecule has 0 fully saturated rings. The number of ketones is 1. The Kier molecular flexibility index (Phi) is 1.49. The van der Waals surface area contributed by atoms with E-state index in [-0.39, 0.29) is 11.8 Å². The van der Waals surface area contributed by atoms with Crippen molar-refractivity contribution >= 4 is 11.5 Å². The van der Waals surface area contributed by atoms with E-state index in [0.29, 0.717) is 0 Å². The first-order chi connectivity index (χ1) is 6.86. The maximum Gasteiger partial charge on any atom is 0.185 e. The highest BCUT2D eigenvalue weighted by molar-refractivity contribution is 6.07. The van der Waals surface area contributed by atoms with Crippen molar-refractivity contribution in [1.82, 2.24) is 5.43 Å². The number of rotatable bonds is 0. The van der Waals surface area contributed by atoms with Gasteiger partial charge in [-0.05, 0) is 18.6 Å². The van der Waals surface area contributed by atoms with Crippen molar-refractivity contribution in [2.24, 2.45) is 0 Å². The lowest BCUT2D eigenvalue weighted by Gasteiger charge is -2.07. The Labute approximate surface area is 81.8 Å². The van der Waals surface area contributed by atoms with Gasteiger partial charge in [-0.1, -0.05) is 18.2 Å². The van der Waals surface area contributed by atoms with E-state index >= 15 is 0 Å². The van der Waals surface area contributed by atoms with Crippen molar-refractivity contribution in [3.05, 3.63) is 41.5 Å². The van der Waals surface area contributed by atoms with Crippen LogP contribution in [0.4, 0.5) is 5.69 Å². The molecule has 0 bridgehead atoms. The topological polar surface area (TPSA) is 41.1 Å². The molecule has 1 aromatic rings. The van der Waals surface area contributed by atoms with Gasteiger partial charge in [0.2, 0.25) is 0 Å². The smallest absolute Gasteiger partial charge is 0.185 e. The van der Waals surface area contributed by atoms with Crippen LogP contribution < -0.4 is 10.9 Å². The minimum atomic E-state index is 0.106. The van der Waals surface area contributed by atoms with Crippen LogP contribution in [-0.2, 0) is 0 Å². The van der Waals surface area contributed by atoms with Gasteiger partial charge in [0.05, 0.1) is 11.7 Å². The largest absolute Gasteiger partial charge is 0.321 e. The highest BCUT2D eigenvalue weighted by Crippen LogP contribution is 2.35. The molecule has 0 saturated carbocycles. The normalized spacial score (nSPS) is 22.9. The van der Waals surface area contributed by atoms with Gasteiger partial charge in [0.1, 0.15) is 0 Å². The summed E-state index contributed by atoms with van der Waals surface area (Å²) < 4.78 is 0. The van der Waals surface area contributed by atoms with Crippen LogP contribution in [0.3, 0.4) is 0 Å². The number of hydrogen-bond donors (Lipinski definition) is 2. The van der Waals surface area contributed by atoms with Crippen LogP contribution in [0.25, 0.3) is 0 Å². The van der Waals surface area contributed by atoms with E-state index in [1.54, 1.807) is 6.08 Å². The number of hydrogen-bond acceptors (Lipinski definition) is 3. The second-order valence-electron chi connectivity index (χ2n) is 3.59. The first-order valence-electron chi connectivity index (χ1n) is 4.71. The quantitative estimate of drug-likeness (QED) is 0.649. The van der Waals surface area contributed by atoms with Gasteiger partial charge in [0.25, 0.3) is 0 Å². The van der Waals surface area contributed by atoms with Crippen LogP contribution in [0.1, 0.15) is 28.4 Å². The van der Waals surface area contributed by atoms with Crippen molar-refractivity contribution < 1.29 is 4.79 Å². The van der Waals surface area contributed by atoms with Gasteiger partial charge < -0.3 is 5.43 Å². The SMILES string of the molecule is O=C1C=CCC2NNc3cccc1c32. The Morgan fingerprint density at radius 2 is 2.29 bits per heavy atom. The van der Waals surface area contributed by atoms with Crippen LogP contribution in [0, 0.1) is 0 Å². The second kappa shape index (κ2) is 2.69. The summed E-state index contributed by atoms with van der Waals surface area (Å²) in [6, 6.07) is 6.02. The van der Waals surface area contributed by atoms with Crippen molar-refractivity contribution in [2.75, 3.05) is 5.43 Å². The van der Waals surface area contributed by atoms with Gasteiger partial charge in [-0.3, -0.25) is 4.79 Å². The minimum absolute atomic E-state index is 0.106. The third-order valence-electron chi connectivity index (χ3n) is 2.74. The van der Waals surface area contributed by atoms with Gasteiger partial charge in [0, 0.05) is 11.1 Å². The molecule has 0 spiro atoms. The molecule has 1 unspecified atom stereocenters. The average Bonchev–Trinajstić information content (AvgIpc) is 2.53. The van der Waals surface area contributed by atoms with Crippen LogP contribution in [-0.4, -0.2) is 5.78 Å². The number of carbonyl (C=O) groups excluding carboxylic acids is 1. The molecular weight excluding hydrogens is 176 g/mol. The molecule has 70 valence electrons. The summed E-state index contributed by atoms with van der Waals surface area (Å²) in [6.07, 6.45) is 4.45. The Morgan fingerprint density at radius 1 is 1.36 bits per heavy atom. The first kappa shape index (κ1) is 7.76. The fraction of sp³-hybridized carbons (Fsp3) is 0.182. The molecule has 0 saturated heterocycles. The van der Waals surface area contributed by atoms with Crippen LogP contribution >= 0.6 is 0 Å². The number of allylic oxidation sites excluding steroid dienone is 1. The summed E-state index contributed by atoms with van der Waals surface area (Å²) in [5.41, 5.74) is 9.23. The Balaban J connectivity index is 2.28. The third kappa shape index (κ3) is 0.930. The number of benzene rings is 1. The third-order valence-corrected chi connectivity index (χ3v) is 2.74. The van der Waals surface area contributed by atoms with E-state index in [0.717, 1.165) is 23.2 Å². The second-order valence-corrected chi connectivity index (χ2v) is 3.59. The molecule has 2 aliphatic rings. The van der Waals surface area contributed by atoms with Crippen LogP contribution in [0.5, 0.6) is 0 Å². The number of hydrazine groups is 1.